The second kappa shape index (κ2) is 6.19. The summed E-state index contributed by atoms with van der Waals surface area (Å²) in [5.74, 6) is 0.745. The van der Waals surface area contributed by atoms with Crippen LogP contribution in [0.15, 0.2) is 42.5 Å². The van der Waals surface area contributed by atoms with Gasteiger partial charge in [0.25, 0.3) is 0 Å². The van der Waals surface area contributed by atoms with Crippen LogP contribution in [0.5, 0.6) is 5.75 Å². The van der Waals surface area contributed by atoms with E-state index in [-0.39, 0.29) is 0 Å². The SMILES string of the molecule is Cc1ccc(CCOc2cccc(C=O)c2)c(C)c1. The van der Waals surface area contributed by atoms with Crippen LogP contribution < -0.4 is 4.74 Å². The normalized spacial score (nSPS) is 10.2. The summed E-state index contributed by atoms with van der Waals surface area (Å²) in [5, 5.41) is 0. The third-order valence-electron chi connectivity index (χ3n) is 3.13. The molecule has 0 aliphatic heterocycles. The Bertz CT molecular complexity index is 573. The highest BCUT2D eigenvalue weighted by molar-refractivity contribution is 5.75. The molecule has 0 aromatic heterocycles. The Kier molecular flexibility index (Phi) is 4.35. The maximum atomic E-state index is 10.7. The molecular formula is C17H18O2. The van der Waals surface area contributed by atoms with Crippen molar-refractivity contribution in [3.05, 3.63) is 64.7 Å². The molecule has 2 aromatic carbocycles. The van der Waals surface area contributed by atoms with E-state index in [0.717, 1.165) is 18.5 Å². The summed E-state index contributed by atoms with van der Waals surface area (Å²) < 4.78 is 5.68. The Morgan fingerprint density at radius 1 is 1.11 bits per heavy atom. The molecule has 0 aliphatic carbocycles. The van der Waals surface area contributed by atoms with E-state index in [0.29, 0.717) is 12.2 Å². The van der Waals surface area contributed by atoms with Crippen molar-refractivity contribution in [2.75, 3.05) is 6.61 Å². The second-order valence-electron chi connectivity index (χ2n) is 4.72. The molecule has 0 spiro atoms. The molecule has 19 heavy (non-hydrogen) atoms. The Labute approximate surface area is 114 Å². The number of rotatable bonds is 5. The minimum atomic E-state index is 0.617. The first-order valence-corrected chi connectivity index (χ1v) is 6.43. The van der Waals surface area contributed by atoms with Crippen molar-refractivity contribution >= 4 is 6.29 Å². The van der Waals surface area contributed by atoms with Gasteiger partial charge in [-0.05, 0) is 37.1 Å². The Morgan fingerprint density at radius 3 is 2.68 bits per heavy atom. The van der Waals surface area contributed by atoms with Gasteiger partial charge in [-0.1, -0.05) is 35.9 Å². The molecule has 0 N–H and O–H groups in total. The van der Waals surface area contributed by atoms with Crippen molar-refractivity contribution < 1.29 is 9.53 Å². The van der Waals surface area contributed by atoms with Crippen molar-refractivity contribution in [2.24, 2.45) is 0 Å². The standard InChI is InChI=1S/C17H18O2/c1-13-6-7-16(14(2)10-13)8-9-19-17-5-3-4-15(11-17)12-18/h3-7,10-12H,8-9H2,1-2H3. The molecule has 2 rings (SSSR count). The highest BCUT2D eigenvalue weighted by Gasteiger charge is 2.00. The molecule has 0 amide bonds. The topological polar surface area (TPSA) is 26.3 Å². The number of hydrogen-bond acceptors (Lipinski definition) is 2. The fourth-order valence-corrected chi connectivity index (χ4v) is 2.08. The molecule has 0 saturated heterocycles. The van der Waals surface area contributed by atoms with E-state index in [4.69, 9.17) is 4.74 Å². The lowest BCUT2D eigenvalue weighted by Crippen LogP contribution is -2.03. The van der Waals surface area contributed by atoms with Gasteiger partial charge in [-0.3, -0.25) is 4.79 Å². The third-order valence-corrected chi connectivity index (χ3v) is 3.13. The summed E-state index contributed by atoms with van der Waals surface area (Å²) in [4.78, 5) is 10.7. The van der Waals surface area contributed by atoms with E-state index < -0.39 is 0 Å². The van der Waals surface area contributed by atoms with Gasteiger partial charge in [0.15, 0.2) is 0 Å². The summed E-state index contributed by atoms with van der Waals surface area (Å²) >= 11 is 0. The van der Waals surface area contributed by atoms with Gasteiger partial charge in [0.1, 0.15) is 12.0 Å². The van der Waals surface area contributed by atoms with Crippen molar-refractivity contribution in [3.63, 3.8) is 0 Å². The summed E-state index contributed by atoms with van der Waals surface area (Å²) in [6.07, 6.45) is 1.70. The summed E-state index contributed by atoms with van der Waals surface area (Å²) in [5.41, 5.74) is 4.52. The number of hydrogen-bond donors (Lipinski definition) is 0. The van der Waals surface area contributed by atoms with Crippen LogP contribution in [0.2, 0.25) is 0 Å². The first-order valence-electron chi connectivity index (χ1n) is 6.43. The van der Waals surface area contributed by atoms with E-state index in [1.165, 1.54) is 16.7 Å². The van der Waals surface area contributed by atoms with Crippen molar-refractivity contribution in [3.8, 4) is 5.75 Å². The first kappa shape index (κ1) is 13.3. The predicted molar refractivity (Wildman–Crippen MR) is 76.9 cm³/mol. The summed E-state index contributed by atoms with van der Waals surface area (Å²) in [7, 11) is 0. The smallest absolute Gasteiger partial charge is 0.150 e. The molecule has 0 bridgehead atoms. The van der Waals surface area contributed by atoms with Gasteiger partial charge in [-0.25, -0.2) is 0 Å². The van der Waals surface area contributed by atoms with Crippen LogP contribution in [0.4, 0.5) is 0 Å². The second-order valence-corrected chi connectivity index (χ2v) is 4.72. The Hall–Kier alpha value is -2.09. The van der Waals surface area contributed by atoms with Crippen molar-refractivity contribution in [2.45, 2.75) is 20.3 Å². The number of ether oxygens (including phenoxy) is 1. The maximum Gasteiger partial charge on any atom is 0.150 e. The van der Waals surface area contributed by atoms with Crippen LogP contribution in [-0.2, 0) is 6.42 Å². The van der Waals surface area contributed by atoms with Crippen molar-refractivity contribution in [1.29, 1.82) is 0 Å². The number of carbonyl (C=O) groups is 1. The maximum absolute atomic E-state index is 10.7. The number of benzene rings is 2. The molecule has 0 unspecified atom stereocenters. The number of carbonyl (C=O) groups excluding carboxylic acids is 1. The van der Waals surface area contributed by atoms with Crippen LogP contribution in [-0.4, -0.2) is 12.9 Å². The zero-order valence-electron chi connectivity index (χ0n) is 11.3. The summed E-state index contributed by atoms with van der Waals surface area (Å²) in [6, 6.07) is 13.7. The molecule has 0 heterocycles. The van der Waals surface area contributed by atoms with Crippen LogP contribution in [0.3, 0.4) is 0 Å². The lowest BCUT2D eigenvalue weighted by atomic mass is 10.0. The van der Waals surface area contributed by atoms with Gasteiger partial charge in [0.05, 0.1) is 6.61 Å². The van der Waals surface area contributed by atoms with Gasteiger partial charge in [-0.15, -0.1) is 0 Å². The highest BCUT2D eigenvalue weighted by atomic mass is 16.5. The monoisotopic (exact) mass is 254 g/mol. The lowest BCUT2D eigenvalue weighted by molar-refractivity contribution is 0.112. The van der Waals surface area contributed by atoms with Crippen LogP contribution in [0.1, 0.15) is 27.0 Å². The molecule has 0 aliphatic rings. The average Bonchev–Trinajstić information content (AvgIpc) is 2.41. The van der Waals surface area contributed by atoms with E-state index >= 15 is 0 Å². The Morgan fingerprint density at radius 2 is 1.95 bits per heavy atom. The average molecular weight is 254 g/mol. The highest BCUT2D eigenvalue weighted by Crippen LogP contribution is 2.14. The fourth-order valence-electron chi connectivity index (χ4n) is 2.08. The lowest BCUT2D eigenvalue weighted by Gasteiger charge is -2.09. The van der Waals surface area contributed by atoms with Gasteiger partial charge in [0, 0.05) is 12.0 Å². The van der Waals surface area contributed by atoms with Crippen molar-refractivity contribution in [1.82, 2.24) is 0 Å². The van der Waals surface area contributed by atoms with Crippen LogP contribution in [0, 0.1) is 13.8 Å². The summed E-state index contributed by atoms with van der Waals surface area (Å²) in [6.45, 7) is 4.83. The fraction of sp³-hybridized carbons (Fsp3) is 0.235. The van der Waals surface area contributed by atoms with E-state index in [2.05, 4.69) is 32.0 Å². The third kappa shape index (κ3) is 3.68. The van der Waals surface area contributed by atoms with Gasteiger partial charge >= 0.3 is 0 Å². The molecule has 2 aromatic rings. The number of aldehydes is 1. The minimum absolute atomic E-state index is 0.617. The first-order chi connectivity index (χ1) is 9.19. The van der Waals surface area contributed by atoms with E-state index in [9.17, 15) is 4.79 Å². The zero-order chi connectivity index (χ0) is 13.7. The van der Waals surface area contributed by atoms with Crippen LogP contribution in [0.25, 0.3) is 0 Å². The molecule has 98 valence electrons. The molecule has 2 heteroatoms. The van der Waals surface area contributed by atoms with E-state index in [1.807, 2.05) is 12.1 Å². The molecule has 0 fully saturated rings. The molecular weight excluding hydrogens is 236 g/mol. The molecule has 2 nitrogen and oxygen atoms in total. The molecule has 0 saturated carbocycles. The minimum Gasteiger partial charge on any atom is -0.493 e. The van der Waals surface area contributed by atoms with E-state index in [1.54, 1.807) is 12.1 Å². The van der Waals surface area contributed by atoms with Gasteiger partial charge in [-0.2, -0.15) is 0 Å². The largest absolute Gasteiger partial charge is 0.493 e. The molecule has 0 radical (unpaired) electrons. The molecule has 0 atom stereocenters. The zero-order valence-corrected chi connectivity index (χ0v) is 11.3. The van der Waals surface area contributed by atoms with Gasteiger partial charge < -0.3 is 4.74 Å². The number of aryl methyl sites for hydroxylation is 2. The Balaban J connectivity index is 1.94. The van der Waals surface area contributed by atoms with Crippen LogP contribution >= 0.6 is 0 Å². The quantitative estimate of drug-likeness (QED) is 0.760. The predicted octanol–water partition coefficient (Wildman–Crippen LogP) is 3.74. The van der Waals surface area contributed by atoms with Gasteiger partial charge in [0.2, 0.25) is 0 Å².